The van der Waals surface area contributed by atoms with Gasteiger partial charge in [0.2, 0.25) is 11.8 Å². The molecular weight excluding hydrogens is 338 g/mol. The molecule has 1 aromatic rings. The zero-order chi connectivity index (χ0) is 16.5. The molecule has 3 aliphatic rings. The largest absolute Gasteiger partial charge is 0.325 e. The van der Waals surface area contributed by atoms with Gasteiger partial charge >= 0.3 is 0 Å². The molecule has 6 heteroatoms. The molecule has 0 spiro atoms. The molecule has 3 atom stereocenters. The summed E-state index contributed by atoms with van der Waals surface area (Å²) in [6.45, 7) is 0.791. The highest BCUT2D eigenvalue weighted by atomic mass is 35.5. The van der Waals surface area contributed by atoms with Gasteiger partial charge in [-0.25, -0.2) is 0 Å². The molecule has 2 heterocycles. The summed E-state index contributed by atoms with van der Waals surface area (Å²) < 4.78 is 0. The fourth-order valence-corrected chi connectivity index (χ4v) is 4.40. The van der Waals surface area contributed by atoms with Gasteiger partial charge in [0, 0.05) is 30.4 Å². The highest BCUT2D eigenvalue weighted by molar-refractivity contribution is 5.97. The van der Waals surface area contributed by atoms with E-state index in [0.717, 1.165) is 30.8 Å². The van der Waals surface area contributed by atoms with E-state index in [0.29, 0.717) is 18.4 Å². The molecule has 3 fully saturated rings. The quantitative estimate of drug-likeness (QED) is 0.867. The number of carbonyl (C=O) groups excluding carboxylic acids is 2. The van der Waals surface area contributed by atoms with E-state index in [1.165, 1.54) is 25.7 Å². The molecule has 1 aliphatic carbocycles. The average Bonchev–Trinajstić information content (AvgIpc) is 3.21. The molecular formula is C19H26ClN3O2. The van der Waals surface area contributed by atoms with Crippen molar-refractivity contribution in [1.29, 1.82) is 0 Å². The molecule has 5 nitrogen and oxygen atoms in total. The van der Waals surface area contributed by atoms with Crippen molar-refractivity contribution in [3.8, 4) is 0 Å². The Kier molecular flexibility index (Phi) is 5.64. The van der Waals surface area contributed by atoms with Gasteiger partial charge in [-0.1, -0.05) is 12.8 Å². The molecule has 25 heavy (non-hydrogen) atoms. The first kappa shape index (κ1) is 18.2. The van der Waals surface area contributed by atoms with Crippen molar-refractivity contribution in [3.05, 3.63) is 24.3 Å². The van der Waals surface area contributed by atoms with Crippen molar-refractivity contribution in [2.24, 2.45) is 5.92 Å². The summed E-state index contributed by atoms with van der Waals surface area (Å²) >= 11 is 0. The van der Waals surface area contributed by atoms with Gasteiger partial charge in [0.25, 0.3) is 0 Å². The van der Waals surface area contributed by atoms with Crippen molar-refractivity contribution in [3.63, 3.8) is 0 Å². The van der Waals surface area contributed by atoms with Crippen molar-refractivity contribution in [1.82, 2.24) is 5.32 Å². The van der Waals surface area contributed by atoms with Crippen LogP contribution in [0.25, 0.3) is 0 Å². The van der Waals surface area contributed by atoms with Gasteiger partial charge in [-0.3, -0.25) is 9.59 Å². The predicted octanol–water partition coefficient (Wildman–Crippen LogP) is 3.09. The van der Waals surface area contributed by atoms with Crippen LogP contribution in [0.2, 0.25) is 0 Å². The summed E-state index contributed by atoms with van der Waals surface area (Å²) in [7, 11) is 0. The summed E-state index contributed by atoms with van der Waals surface area (Å²) in [6.07, 6.45) is 7.54. The van der Waals surface area contributed by atoms with E-state index in [4.69, 9.17) is 0 Å². The summed E-state index contributed by atoms with van der Waals surface area (Å²) in [5.74, 6) is 0.914. The Morgan fingerprint density at radius 2 is 1.88 bits per heavy atom. The molecule has 3 unspecified atom stereocenters. The Bertz CT molecular complexity index is 620. The third kappa shape index (κ3) is 3.82. The number of rotatable bonds is 3. The number of nitrogens with zero attached hydrogens (tertiary/aromatic N) is 1. The molecule has 0 bridgehead atoms. The van der Waals surface area contributed by atoms with Crippen LogP contribution < -0.4 is 15.5 Å². The number of anilines is 2. The van der Waals surface area contributed by atoms with Crippen molar-refractivity contribution in [2.75, 3.05) is 16.8 Å². The maximum atomic E-state index is 12.5. The Hall–Kier alpha value is -1.59. The first-order chi connectivity index (χ1) is 11.7. The maximum Gasteiger partial charge on any atom is 0.241 e. The van der Waals surface area contributed by atoms with Gasteiger partial charge in [-0.15, -0.1) is 12.4 Å². The minimum absolute atomic E-state index is 0. The van der Waals surface area contributed by atoms with Crippen LogP contribution in [0.4, 0.5) is 11.4 Å². The number of hydrogen-bond acceptors (Lipinski definition) is 3. The number of fused-ring (bicyclic) bond motifs is 1. The van der Waals surface area contributed by atoms with Gasteiger partial charge < -0.3 is 15.5 Å². The van der Waals surface area contributed by atoms with Crippen LogP contribution in [0.3, 0.4) is 0 Å². The minimum atomic E-state index is -0.0714. The molecule has 1 aromatic carbocycles. The van der Waals surface area contributed by atoms with E-state index in [9.17, 15) is 9.59 Å². The lowest BCUT2D eigenvalue weighted by Crippen LogP contribution is -2.39. The van der Waals surface area contributed by atoms with Crippen LogP contribution in [0, 0.1) is 5.92 Å². The zero-order valence-electron chi connectivity index (χ0n) is 14.4. The third-order valence-electron chi connectivity index (χ3n) is 5.70. The Labute approximate surface area is 154 Å². The lowest BCUT2D eigenvalue weighted by atomic mass is 9.85. The third-order valence-corrected chi connectivity index (χ3v) is 5.70. The van der Waals surface area contributed by atoms with Crippen LogP contribution in [0.1, 0.15) is 44.9 Å². The van der Waals surface area contributed by atoms with Crippen LogP contribution >= 0.6 is 12.4 Å². The molecule has 1 saturated carbocycles. The van der Waals surface area contributed by atoms with E-state index in [-0.39, 0.29) is 30.3 Å². The fraction of sp³-hybridized carbons (Fsp3) is 0.579. The molecule has 2 N–H and O–H groups in total. The molecule has 0 aromatic heterocycles. The molecule has 4 rings (SSSR count). The van der Waals surface area contributed by atoms with E-state index in [1.807, 2.05) is 29.2 Å². The number of amides is 2. The van der Waals surface area contributed by atoms with E-state index >= 15 is 0 Å². The Balaban J connectivity index is 0.00000182. The number of carbonyl (C=O) groups is 2. The fourth-order valence-electron chi connectivity index (χ4n) is 4.40. The number of halogens is 1. The Morgan fingerprint density at radius 1 is 1.12 bits per heavy atom. The average molecular weight is 364 g/mol. The number of nitrogens with one attached hydrogen (secondary N) is 2. The van der Waals surface area contributed by atoms with Crippen LogP contribution in [0.5, 0.6) is 0 Å². The van der Waals surface area contributed by atoms with E-state index in [2.05, 4.69) is 10.6 Å². The topological polar surface area (TPSA) is 61.4 Å². The van der Waals surface area contributed by atoms with E-state index in [1.54, 1.807) is 0 Å². The lowest BCUT2D eigenvalue weighted by Gasteiger charge is -2.24. The second-order valence-corrected chi connectivity index (χ2v) is 7.29. The normalized spacial score (nSPS) is 28.4. The first-order valence-corrected chi connectivity index (χ1v) is 9.18. The van der Waals surface area contributed by atoms with Gasteiger partial charge in [0.15, 0.2) is 0 Å². The molecule has 0 radical (unpaired) electrons. The first-order valence-electron chi connectivity index (χ1n) is 9.18. The van der Waals surface area contributed by atoms with Crippen LogP contribution in [0.15, 0.2) is 24.3 Å². The zero-order valence-corrected chi connectivity index (χ0v) is 15.2. The summed E-state index contributed by atoms with van der Waals surface area (Å²) in [4.78, 5) is 26.1. The van der Waals surface area contributed by atoms with Gasteiger partial charge in [0.05, 0.1) is 6.04 Å². The maximum absolute atomic E-state index is 12.5. The highest BCUT2D eigenvalue weighted by Gasteiger charge is 2.38. The molecule has 2 saturated heterocycles. The van der Waals surface area contributed by atoms with Crippen molar-refractivity contribution >= 4 is 35.6 Å². The predicted molar refractivity (Wildman–Crippen MR) is 101 cm³/mol. The molecule has 2 aliphatic heterocycles. The van der Waals surface area contributed by atoms with Gasteiger partial charge in [-0.05, 0) is 55.9 Å². The Morgan fingerprint density at radius 3 is 2.56 bits per heavy atom. The van der Waals surface area contributed by atoms with Crippen LogP contribution in [-0.2, 0) is 9.59 Å². The monoisotopic (exact) mass is 363 g/mol. The minimum Gasteiger partial charge on any atom is -0.325 e. The number of hydrogen-bond donors (Lipinski definition) is 2. The molecule has 2 amide bonds. The SMILES string of the molecule is Cl.O=C(Nc1ccc(N2CCCC2=O)cc1)C1CC2CCCCC2N1. The smallest absolute Gasteiger partial charge is 0.241 e. The van der Waals surface area contributed by atoms with E-state index < -0.39 is 0 Å². The lowest BCUT2D eigenvalue weighted by molar-refractivity contribution is -0.118. The summed E-state index contributed by atoms with van der Waals surface area (Å²) in [5.41, 5.74) is 1.72. The second kappa shape index (κ2) is 7.75. The number of benzene rings is 1. The highest BCUT2D eigenvalue weighted by Crippen LogP contribution is 2.33. The second-order valence-electron chi connectivity index (χ2n) is 7.29. The van der Waals surface area contributed by atoms with Crippen molar-refractivity contribution in [2.45, 2.75) is 57.0 Å². The van der Waals surface area contributed by atoms with Crippen LogP contribution in [-0.4, -0.2) is 30.4 Å². The van der Waals surface area contributed by atoms with Crippen molar-refractivity contribution < 1.29 is 9.59 Å². The standard InChI is InChI=1S/C19H25N3O2.ClH/c23-18-6-3-11-22(18)15-9-7-14(8-10-15)20-19(24)17-12-13-4-1-2-5-16(13)21-17;/h7-10,13,16-17,21H,1-6,11-12H2,(H,20,24);1H. The molecule has 136 valence electrons. The summed E-state index contributed by atoms with van der Waals surface area (Å²) in [5, 5.41) is 6.53. The van der Waals surface area contributed by atoms with Gasteiger partial charge in [-0.2, -0.15) is 0 Å². The summed E-state index contributed by atoms with van der Waals surface area (Å²) in [6, 6.07) is 8.07. The van der Waals surface area contributed by atoms with Gasteiger partial charge in [0.1, 0.15) is 0 Å².